The highest BCUT2D eigenvalue weighted by molar-refractivity contribution is 7.93. The Balaban J connectivity index is 2.29. The lowest BCUT2D eigenvalue weighted by Crippen LogP contribution is -2.13. The van der Waals surface area contributed by atoms with Gasteiger partial charge in [-0.2, -0.15) is 5.10 Å². The Labute approximate surface area is 108 Å². The zero-order chi connectivity index (χ0) is 13.2. The zero-order valence-electron chi connectivity index (χ0n) is 9.57. The van der Waals surface area contributed by atoms with Gasteiger partial charge in [-0.25, -0.2) is 8.42 Å². The largest absolute Gasteiger partial charge is 0.381 e. The van der Waals surface area contributed by atoms with Crippen LogP contribution in [-0.4, -0.2) is 28.4 Å². The first-order chi connectivity index (χ1) is 8.53. The van der Waals surface area contributed by atoms with Gasteiger partial charge in [-0.15, -0.1) is 10.2 Å². The van der Waals surface area contributed by atoms with E-state index in [2.05, 4.69) is 20.0 Å². The van der Waals surface area contributed by atoms with Crippen LogP contribution in [0.3, 0.4) is 0 Å². The summed E-state index contributed by atoms with van der Waals surface area (Å²) in [5.74, 6) is -0.0273. The number of nitrogens with one attached hydrogen (secondary N) is 1. The van der Waals surface area contributed by atoms with Crippen molar-refractivity contribution in [3.63, 3.8) is 0 Å². The molecule has 0 aliphatic rings. The molecule has 0 unspecified atom stereocenters. The molecule has 8 nitrogen and oxygen atoms in total. The van der Waals surface area contributed by atoms with Crippen molar-refractivity contribution in [1.82, 2.24) is 20.0 Å². The van der Waals surface area contributed by atoms with Gasteiger partial charge >= 0.3 is 0 Å². The first-order valence-corrected chi connectivity index (χ1v) is 7.51. The van der Waals surface area contributed by atoms with E-state index in [9.17, 15) is 8.42 Å². The van der Waals surface area contributed by atoms with Gasteiger partial charge in [0.2, 0.25) is 5.13 Å². The maximum absolute atomic E-state index is 12.0. The number of nitrogens with two attached hydrogens (primary N) is 1. The number of hydrogen-bond acceptors (Lipinski definition) is 7. The van der Waals surface area contributed by atoms with E-state index in [1.165, 1.54) is 16.4 Å². The first kappa shape index (κ1) is 12.8. The molecule has 0 radical (unpaired) electrons. The summed E-state index contributed by atoms with van der Waals surface area (Å²) >= 11 is 1.09. The number of aryl methyl sites for hydroxylation is 1. The van der Waals surface area contributed by atoms with Gasteiger partial charge in [-0.05, 0) is 6.42 Å². The van der Waals surface area contributed by atoms with Crippen LogP contribution >= 0.6 is 11.3 Å². The number of nitrogen functional groups attached to an aromatic ring is 1. The summed E-state index contributed by atoms with van der Waals surface area (Å²) in [7, 11) is -3.76. The third kappa shape index (κ3) is 2.59. The van der Waals surface area contributed by atoms with Crippen LogP contribution in [0.1, 0.15) is 13.3 Å². The number of rotatable bonds is 5. The van der Waals surface area contributed by atoms with Crippen LogP contribution in [-0.2, 0) is 16.6 Å². The fourth-order valence-corrected chi connectivity index (χ4v) is 3.12. The molecule has 3 N–H and O–H groups in total. The molecule has 18 heavy (non-hydrogen) atoms. The third-order valence-corrected chi connectivity index (χ3v) is 4.17. The van der Waals surface area contributed by atoms with Gasteiger partial charge in [-0.3, -0.25) is 9.40 Å². The SMILES string of the molecule is CCCn1cc(S(=O)(=O)Nc2nncs2)c(N)n1. The summed E-state index contributed by atoms with van der Waals surface area (Å²) in [5, 5.41) is 11.3. The van der Waals surface area contributed by atoms with Crippen LogP contribution in [0.2, 0.25) is 0 Å². The predicted molar refractivity (Wildman–Crippen MR) is 67.6 cm³/mol. The first-order valence-electron chi connectivity index (χ1n) is 5.15. The molecule has 2 rings (SSSR count). The monoisotopic (exact) mass is 288 g/mol. The van der Waals surface area contributed by atoms with Gasteiger partial charge in [-0.1, -0.05) is 18.3 Å². The molecule has 2 aromatic heterocycles. The molecular weight excluding hydrogens is 276 g/mol. The normalized spacial score (nSPS) is 11.6. The van der Waals surface area contributed by atoms with Crippen molar-refractivity contribution in [2.75, 3.05) is 10.5 Å². The average Bonchev–Trinajstić information content (AvgIpc) is 2.88. The lowest BCUT2D eigenvalue weighted by molar-refractivity contribution is 0.595. The van der Waals surface area contributed by atoms with Crippen LogP contribution in [0.25, 0.3) is 0 Å². The Kier molecular flexibility index (Phi) is 3.48. The molecule has 0 bridgehead atoms. The molecule has 0 aliphatic carbocycles. The Morgan fingerprint density at radius 2 is 2.33 bits per heavy atom. The third-order valence-electron chi connectivity index (χ3n) is 2.08. The van der Waals surface area contributed by atoms with Gasteiger partial charge in [0, 0.05) is 12.7 Å². The molecule has 0 spiro atoms. The Morgan fingerprint density at radius 1 is 1.56 bits per heavy atom. The van der Waals surface area contributed by atoms with Crippen LogP contribution < -0.4 is 10.5 Å². The summed E-state index contributed by atoms with van der Waals surface area (Å²) < 4.78 is 27.9. The fraction of sp³-hybridized carbons (Fsp3) is 0.375. The fourth-order valence-electron chi connectivity index (χ4n) is 1.36. The predicted octanol–water partition coefficient (Wildman–Crippen LogP) is 0.528. The lowest BCUT2D eigenvalue weighted by Gasteiger charge is -2.01. The minimum absolute atomic E-state index is 0.0273. The molecule has 0 atom stereocenters. The minimum Gasteiger partial charge on any atom is -0.381 e. The van der Waals surface area contributed by atoms with Crippen molar-refractivity contribution in [1.29, 1.82) is 0 Å². The number of sulfonamides is 1. The Bertz CT molecular complexity index is 618. The second-order valence-corrected chi connectivity index (χ2v) is 5.98. The van der Waals surface area contributed by atoms with Gasteiger partial charge in [0.1, 0.15) is 10.4 Å². The van der Waals surface area contributed by atoms with Gasteiger partial charge in [0.15, 0.2) is 5.82 Å². The topological polar surface area (TPSA) is 116 Å². The Hall–Kier alpha value is -1.68. The molecule has 0 fully saturated rings. The van der Waals surface area contributed by atoms with Gasteiger partial charge < -0.3 is 5.73 Å². The van der Waals surface area contributed by atoms with Gasteiger partial charge in [0.05, 0.1) is 0 Å². The van der Waals surface area contributed by atoms with Crippen LogP contribution in [0.5, 0.6) is 0 Å². The molecule has 0 aromatic carbocycles. The lowest BCUT2D eigenvalue weighted by atomic mass is 10.5. The quantitative estimate of drug-likeness (QED) is 0.829. The van der Waals surface area contributed by atoms with Crippen molar-refractivity contribution >= 4 is 32.3 Å². The molecule has 2 heterocycles. The van der Waals surface area contributed by atoms with Crippen molar-refractivity contribution < 1.29 is 8.42 Å². The molecule has 0 saturated carbocycles. The number of nitrogens with zero attached hydrogens (tertiary/aromatic N) is 4. The second-order valence-electron chi connectivity index (χ2n) is 3.49. The smallest absolute Gasteiger partial charge is 0.268 e. The zero-order valence-corrected chi connectivity index (χ0v) is 11.2. The van der Waals surface area contributed by atoms with E-state index in [1.807, 2.05) is 6.92 Å². The standard InChI is InChI=1S/C8H12N6O2S2/c1-2-3-14-4-6(7(9)12-14)18(15,16)13-8-11-10-5-17-8/h4-5H,2-3H2,1H3,(H2,9,12)(H,11,13). The molecular formula is C8H12N6O2S2. The van der Waals surface area contributed by atoms with E-state index < -0.39 is 10.0 Å². The van der Waals surface area contributed by atoms with E-state index in [-0.39, 0.29) is 15.8 Å². The molecule has 98 valence electrons. The molecule has 0 aliphatic heterocycles. The highest BCUT2D eigenvalue weighted by Gasteiger charge is 2.22. The van der Waals surface area contributed by atoms with Crippen LogP contribution in [0, 0.1) is 0 Å². The summed E-state index contributed by atoms with van der Waals surface area (Å²) in [6.07, 6.45) is 2.24. The van der Waals surface area contributed by atoms with E-state index in [1.54, 1.807) is 0 Å². The number of anilines is 2. The molecule has 2 aromatic rings. The van der Waals surface area contributed by atoms with Crippen LogP contribution in [0.4, 0.5) is 10.9 Å². The van der Waals surface area contributed by atoms with Crippen LogP contribution in [0.15, 0.2) is 16.6 Å². The second kappa shape index (κ2) is 4.90. The molecule has 10 heteroatoms. The van der Waals surface area contributed by atoms with Gasteiger partial charge in [0.25, 0.3) is 10.0 Å². The van der Waals surface area contributed by atoms with E-state index in [0.29, 0.717) is 6.54 Å². The summed E-state index contributed by atoms with van der Waals surface area (Å²) in [6, 6.07) is 0. The highest BCUT2D eigenvalue weighted by atomic mass is 32.2. The maximum atomic E-state index is 12.0. The highest BCUT2D eigenvalue weighted by Crippen LogP contribution is 2.20. The summed E-state index contributed by atoms with van der Waals surface area (Å²) in [5.41, 5.74) is 7.04. The molecule has 0 amide bonds. The number of hydrogen-bond donors (Lipinski definition) is 2. The molecule has 0 saturated heterocycles. The van der Waals surface area contributed by atoms with Crippen molar-refractivity contribution in [2.24, 2.45) is 0 Å². The minimum atomic E-state index is -3.76. The maximum Gasteiger partial charge on any atom is 0.268 e. The summed E-state index contributed by atoms with van der Waals surface area (Å²) in [4.78, 5) is -0.0499. The number of aromatic nitrogens is 4. The van der Waals surface area contributed by atoms with E-state index in [4.69, 9.17) is 5.73 Å². The van der Waals surface area contributed by atoms with Crippen molar-refractivity contribution in [3.05, 3.63) is 11.7 Å². The van der Waals surface area contributed by atoms with Crippen molar-refractivity contribution in [2.45, 2.75) is 24.8 Å². The summed E-state index contributed by atoms with van der Waals surface area (Å²) in [6.45, 7) is 2.57. The van der Waals surface area contributed by atoms with Crippen molar-refractivity contribution in [3.8, 4) is 0 Å². The average molecular weight is 288 g/mol. The Morgan fingerprint density at radius 3 is 2.94 bits per heavy atom. The van der Waals surface area contributed by atoms with E-state index in [0.717, 1.165) is 17.8 Å². The van der Waals surface area contributed by atoms with E-state index >= 15 is 0 Å².